The van der Waals surface area contributed by atoms with Crippen LogP contribution in [0.5, 0.6) is 0 Å². The third-order valence-corrected chi connectivity index (χ3v) is 1.69. The van der Waals surface area contributed by atoms with E-state index in [0.29, 0.717) is 0 Å². The number of nitrogens with zero attached hydrogens (tertiary/aromatic N) is 1. The lowest BCUT2D eigenvalue weighted by atomic mass is 10.3. The van der Waals surface area contributed by atoms with Crippen LogP contribution in [0, 0.1) is 0 Å². The van der Waals surface area contributed by atoms with Crippen molar-refractivity contribution in [3.05, 3.63) is 24.5 Å². The maximum atomic E-state index is 11.2. The van der Waals surface area contributed by atoms with Crippen molar-refractivity contribution in [1.82, 2.24) is 4.57 Å². The minimum atomic E-state index is -0.311. The Morgan fingerprint density at radius 1 is 1.50 bits per heavy atom. The molecule has 1 unspecified atom stereocenters. The normalized spacial score (nSPS) is 12.5. The molecule has 1 rings (SSSR count). The van der Waals surface area contributed by atoms with Gasteiger partial charge in [-0.25, -0.2) is 4.79 Å². The quantitative estimate of drug-likeness (QED) is 0.676. The van der Waals surface area contributed by atoms with Gasteiger partial charge in [-0.15, -0.1) is 0 Å². The standard InChI is InChI=1S/C9H13NO2/c1-3-8(2)12-9(11)10-6-4-5-7-10/h4-8H,3H2,1-2H3. The molecule has 0 aromatic carbocycles. The lowest BCUT2D eigenvalue weighted by Gasteiger charge is -2.10. The Bertz CT molecular complexity index is 241. The van der Waals surface area contributed by atoms with Gasteiger partial charge in [0.15, 0.2) is 0 Å². The smallest absolute Gasteiger partial charge is 0.418 e. The molecule has 3 heteroatoms. The van der Waals surface area contributed by atoms with E-state index in [1.165, 1.54) is 4.57 Å². The van der Waals surface area contributed by atoms with E-state index in [-0.39, 0.29) is 12.2 Å². The molecule has 0 spiro atoms. The Morgan fingerprint density at radius 3 is 2.58 bits per heavy atom. The number of carbonyl (C=O) groups is 1. The van der Waals surface area contributed by atoms with Gasteiger partial charge in [0.25, 0.3) is 0 Å². The first-order valence-electron chi connectivity index (χ1n) is 4.08. The van der Waals surface area contributed by atoms with Crippen LogP contribution < -0.4 is 0 Å². The van der Waals surface area contributed by atoms with Crippen LogP contribution >= 0.6 is 0 Å². The monoisotopic (exact) mass is 167 g/mol. The molecule has 0 saturated heterocycles. The van der Waals surface area contributed by atoms with Crippen molar-refractivity contribution in [3.8, 4) is 0 Å². The molecule has 3 nitrogen and oxygen atoms in total. The third-order valence-electron chi connectivity index (χ3n) is 1.69. The molecule has 0 amide bonds. The van der Waals surface area contributed by atoms with Gasteiger partial charge in [-0.2, -0.15) is 0 Å². The second-order valence-corrected chi connectivity index (χ2v) is 2.69. The van der Waals surface area contributed by atoms with Crippen molar-refractivity contribution in [2.45, 2.75) is 26.4 Å². The lowest BCUT2D eigenvalue weighted by Crippen LogP contribution is -2.18. The minimum Gasteiger partial charge on any atom is -0.446 e. The predicted octanol–water partition coefficient (Wildman–Crippen LogP) is 2.27. The predicted molar refractivity (Wildman–Crippen MR) is 46.1 cm³/mol. The van der Waals surface area contributed by atoms with Crippen molar-refractivity contribution in [2.24, 2.45) is 0 Å². The Hall–Kier alpha value is -1.25. The van der Waals surface area contributed by atoms with Gasteiger partial charge < -0.3 is 4.74 Å². The molecular formula is C9H13NO2. The lowest BCUT2D eigenvalue weighted by molar-refractivity contribution is 0.106. The van der Waals surface area contributed by atoms with Gasteiger partial charge in [0.1, 0.15) is 6.10 Å². The van der Waals surface area contributed by atoms with Crippen LogP contribution in [0.4, 0.5) is 4.79 Å². The zero-order valence-electron chi connectivity index (χ0n) is 7.36. The molecule has 1 heterocycles. The first-order chi connectivity index (χ1) is 5.74. The summed E-state index contributed by atoms with van der Waals surface area (Å²) < 4.78 is 6.49. The molecule has 0 radical (unpaired) electrons. The molecule has 0 fully saturated rings. The van der Waals surface area contributed by atoms with Crippen molar-refractivity contribution < 1.29 is 9.53 Å². The fraction of sp³-hybridized carbons (Fsp3) is 0.444. The number of aromatic nitrogens is 1. The van der Waals surface area contributed by atoms with Crippen molar-refractivity contribution >= 4 is 6.09 Å². The highest BCUT2D eigenvalue weighted by atomic mass is 16.6. The van der Waals surface area contributed by atoms with Crippen LogP contribution in [-0.2, 0) is 4.74 Å². The van der Waals surface area contributed by atoms with Crippen LogP contribution in [0.2, 0.25) is 0 Å². The molecule has 12 heavy (non-hydrogen) atoms. The van der Waals surface area contributed by atoms with Crippen LogP contribution in [0.3, 0.4) is 0 Å². The van der Waals surface area contributed by atoms with Crippen molar-refractivity contribution in [1.29, 1.82) is 0 Å². The van der Waals surface area contributed by atoms with E-state index >= 15 is 0 Å². The van der Waals surface area contributed by atoms with Crippen molar-refractivity contribution in [2.75, 3.05) is 0 Å². The summed E-state index contributed by atoms with van der Waals surface area (Å²) in [6.07, 6.45) is 3.86. The second kappa shape index (κ2) is 3.95. The summed E-state index contributed by atoms with van der Waals surface area (Å²) in [4.78, 5) is 11.2. The second-order valence-electron chi connectivity index (χ2n) is 2.69. The van der Waals surface area contributed by atoms with Gasteiger partial charge >= 0.3 is 6.09 Å². The molecule has 0 aliphatic heterocycles. The number of rotatable bonds is 2. The van der Waals surface area contributed by atoms with Gasteiger partial charge in [0.05, 0.1) is 0 Å². The number of ether oxygens (including phenoxy) is 1. The highest BCUT2D eigenvalue weighted by molar-refractivity contribution is 5.70. The number of hydrogen-bond donors (Lipinski definition) is 0. The molecule has 0 aliphatic carbocycles. The zero-order valence-corrected chi connectivity index (χ0v) is 7.36. The minimum absolute atomic E-state index is 0.0140. The molecule has 0 aliphatic rings. The van der Waals surface area contributed by atoms with Gasteiger partial charge in [0.2, 0.25) is 0 Å². The van der Waals surface area contributed by atoms with Crippen LogP contribution in [0.15, 0.2) is 24.5 Å². The first-order valence-corrected chi connectivity index (χ1v) is 4.08. The van der Waals surface area contributed by atoms with Gasteiger partial charge in [-0.05, 0) is 25.5 Å². The summed E-state index contributed by atoms with van der Waals surface area (Å²) in [6, 6.07) is 3.58. The molecule has 66 valence electrons. The van der Waals surface area contributed by atoms with E-state index in [0.717, 1.165) is 6.42 Å². The molecular weight excluding hydrogens is 154 g/mol. The molecule has 1 aromatic heterocycles. The number of carbonyl (C=O) groups excluding carboxylic acids is 1. The third kappa shape index (κ3) is 2.12. The number of hydrogen-bond acceptors (Lipinski definition) is 2. The summed E-state index contributed by atoms with van der Waals surface area (Å²) in [7, 11) is 0. The Balaban J connectivity index is 2.50. The van der Waals surface area contributed by atoms with E-state index in [1.807, 2.05) is 13.8 Å². The largest absolute Gasteiger partial charge is 0.446 e. The van der Waals surface area contributed by atoms with E-state index in [9.17, 15) is 4.79 Å². The molecule has 1 aromatic rings. The summed E-state index contributed by atoms with van der Waals surface area (Å²) in [5.74, 6) is 0. The van der Waals surface area contributed by atoms with Gasteiger partial charge in [-0.3, -0.25) is 4.57 Å². The maximum absolute atomic E-state index is 11.2. The molecule has 0 saturated carbocycles. The highest BCUT2D eigenvalue weighted by Gasteiger charge is 2.07. The molecule has 1 atom stereocenters. The average molecular weight is 167 g/mol. The average Bonchev–Trinajstić information content (AvgIpc) is 2.56. The zero-order chi connectivity index (χ0) is 8.97. The molecule has 0 N–H and O–H groups in total. The highest BCUT2D eigenvalue weighted by Crippen LogP contribution is 2.00. The summed E-state index contributed by atoms with van der Waals surface area (Å²) in [5, 5.41) is 0. The Labute approximate surface area is 72.0 Å². The summed E-state index contributed by atoms with van der Waals surface area (Å²) in [5.41, 5.74) is 0. The first kappa shape index (κ1) is 8.84. The van der Waals surface area contributed by atoms with Gasteiger partial charge in [0, 0.05) is 12.4 Å². The van der Waals surface area contributed by atoms with Crippen LogP contribution in [-0.4, -0.2) is 16.8 Å². The van der Waals surface area contributed by atoms with E-state index in [4.69, 9.17) is 4.74 Å². The Kier molecular flexibility index (Phi) is 2.91. The van der Waals surface area contributed by atoms with Crippen LogP contribution in [0.1, 0.15) is 20.3 Å². The summed E-state index contributed by atoms with van der Waals surface area (Å²) >= 11 is 0. The van der Waals surface area contributed by atoms with Crippen molar-refractivity contribution in [3.63, 3.8) is 0 Å². The topological polar surface area (TPSA) is 31.2 Å². The van der Waals surface area contributed by atoms with Gasteiger partial charge in [-0.1, -0.05) is 6.92 Å². The fourth-order valence-corrected chi connectivity index (χ4v) is 0.773. The Morgan fingerprint density at radius 2 is 2.08 bits per heavy atom. The SMILES string of the molecule is CCC(C)OC(=O)n1cccc1. The maximum Gasteiger partial charge on any atom is 0.418 e. The molecule has 0 bridgehead atoms. The van der Waals surface area contributed by atoms with E-state index in [1.54, 1.807) is 24.5 Å². The summed E-state index contributed by atoms with van der Waals surface area (Å²) in [6.45, 7) is 3.86. The van der Waals surface area contributed by atoms with E-state index < -0.39 is 0 Å². The fourth-order valence-electron chi connectivity index (χ4n) is 0.773. The van der Waals surface area contributed by atoms with E-state index in [2.05, 4.69) is 0 Å². The van der Waals surface area contributed by atoms with Crippen LogP contribution in [0.25, 0.3) is 0 Å².